The summed E-state index contributed by atoms with van der Waals surface area (Å²) in [4.78, 5) is 38.1. The molecule has 0 amide bonds. The Morgan fingerprint density at radius 2 is 0.574 bits per heavy atom. The summed E-state index contributed by atoms with van der Waals surface area (Å²) in [5.74, 6) is -0.952. The van der Waals surface area contributed by atoms with Crippen LogP contribution in [0.25, 0.3) is 0 Å². The number of esters is 3. The van der Waals surface area contributed by atoms with E-state index in [1.807, 2.05) is 0 Å². The van der Waals surface area contributed by atoms with Crippen LogP contribution in [0.3, 0.4) is 0 Å². The van der Waals surface area contributed by atoms with Gasteiger partial charge in [0.15, 0.2) is 6.10 Å². The molecule has 6 heteroatoms. The molecule has 388 valence electrons. The molecule has 1 unspecified atom stereocenters. The molecule has 0 N–H and O–H groups in total. The summed E-state index contributed by atoms with van der Waals surface area (Å²) < 4.78 is 16.8. The number of hydrogen-bond donors (Lipinski definition) is 0. The molecule has 0 aliphatic heterocycles. The standard InChI is InChI=1S/C62H104O6/c1-4-7-10-13-16-19-22-25-28-30-31-32-35-37-40-43-46-49-52-55-61(64)67-58-59(57-66-60(63)54-51-48-45-42-39-36-33-27-24-21-18-15-12-9-6-3)68-62(65)56-53-50-47-44-41-38-34-29-26-23-20-17-14-11-8-5-2/h7,10,16,19-20,23,25,27-29,31-34,37,40,59H,4-6,8-9,11-15,17-18,21-22,24,26,30,35-36,38-39,41-58H2,1-3H3/b10-7-,19-16-,23-20-,28-25-,32-31-,33-27-,34-29-,40-37-. The maximum absolute atomic E-state index is 12.8. The Kier molecular flexibility index (Phi) is 52.9. The van der Waals surface area contributed by atoms with Gasteiger partial charge >= 0.3 is 17.9 Å². The molecule has 0 spiro atoms. The average Bonchev–Trinajstić information content (AvgIpc) is 3.34. The first kappa shape index (κ1) is 64.3. The molecular weight excluding hydrogens is 841 g/mol. The fourth-order valence-corrected chi connectivity index (χ4v) is 7.55. The Morgan fingerprint density at radius 3 is 0.941 bits per heavy atom. The van der Waals surface area contributed by atoms with Gasteiger partial charge in [0, 0.05) is 19.3 Å². The molecule has 0 heterocycles. The topological polar surface area (TPSA) is 78.9 Å². The summed E-state index contributed by atoms with van der Waals surface area (Å²) in [7, 11) is 0. The molecular formula is C62H104O6. The molecule has 0 aliphatic carbocycles. The molecule has 0 saturated carbocycles. The Hall–Kier alpha value is -3.67. The van der Waals surface area contributed by atoms with E-state index in [-0.39, 0.29) is 31.1 Å². The molecule has 0 rings (SSSR count). The first-order valence-electron chi connectivity index (χ1n) is 28.2. The molecule has 0 aromatic rings. The SMILES string of the molecule is CC/C=C\C/C=C\C/C=C\C/C=C\C/C=C\CCCCCC(=O)OCC(COC(=O)CCCCCCC/C=C\CCCCCCCC)OC(=O)CCCCCCC/C=C\C/C=C\CCCCCC. The molecule has 0 saturated heterocycles. The fourth-order valence-electron chi connectivity index (χ4n) is 7.55. The van der Waals surface area contributed by atoms with Crippen molar-refractivity contribution >= 4 is 17.9 Å². The van der Waals surface area contributed by atoms with Crippen molar-refractivity contribution in [2.75, 3.05) is 13.2 Å². The van der Waals surface area contributed by atoms with Crippen molar-refractivity contribution in [3.8, 4) is 0 Å². The Labute approximate surface area is 419 Å². The Bertz CT molecular complexity index is 1360. The van der Waals surface area contributed by atoms with Crippen molar-refractivity contribution < 1.29 is 28.6 Å². The molecule has 0 radical (unpaired) electrons. The monoisotopic (exact) mass is 945 g/mol. The van der Waals surface area contributed by atoms with E-state index < -0.39 is 6.10 Å². The van der Waals surface area contributed by atoms with Gasteiger partial charge in [-0.05, 0) is 122 Å². The lowest BCUT2D eigenvalue weighted by Crippen LogP contribution is -2.30. The van der Waals surface area contributed by atoms with E-state index in [0.29, 0.717) is 19.3 Å². The molecule has 0 aromatic heterocycles. The van der Waals surface area contributed by atoms with Crippen LogP contribution in [0.1, 0.15) is 258 Å². The highest BCUT2D eigenvalue weighted by Crippen LogP contribution is 2.13. The smallest absolute Gasteiger partial charge is 0.306 e. The van der Waals surface area contributed by atoms with Crippen molar-refractivity contribution in [2.45, 2.75) is 264 Å². The summed E-state index contributed by atoms with van der Waals surface area (Å²) >= 11 is 0. The quantitative estimate of drug-likeness (QED) is 0.0262. The van der Waals surface area contributed by atoms with Crippen LogP contribution in [0.5, 0.6) is 0 Å². The van der Waals surface area contributed by atoms with E-state index in [1.54, 1.807) is 0 Å². The maximum Gasteiger partial charge on any atom is 0.306 e. The third kappa shape index (κ3) is 53.3. The van der Waals surface area contributed by atoms with Crippen LogP contribution in [0.15, 0.2) is 97.2 Å². The third-order valence-corrected chi connectivity index (χ3v) is 11.8. The second-order valence-electron chi connectivity index (χ2n) is 18.5. The van der Waals surface area contributed by atoms with Gasteiger partial charge in [0.1, 0.15) is 13.2 Å². The fraction of sp³-hybridized carbons (Fsp3) is 0.694. The van der Waals surface area contributed by atoms with Crippen molar-refractivity contribution in [3.05, 3.63) is 97.2 Å². The predicted octanol–water partition coefficient (Wildman–Crippen LogP) is 18.9. The van der Waals surface area contributed by atoms with Crippen LogP contribution in [0.2, 0.25) is 0 Å². The van der Waals surface area contributed by atoms with Crippen molar-refractivity contribution in [2.24, 2.45) is 0 Å². The number of hydrogen-bond acceptors (Lipinski definition) is 6. The Balaban J connectivity index is 4.49. The summed E-state index contributed by atoms with van der Waals surface area (Å²) in [5.41, 5.74) is 0. The zero-order chi connectivity index (χ0) is 49.3. The number of rotatable bonds is 50. The van der Waals surface area contributed by atoms with Gasteiger partial charge in [0.25, 0.3) is 0 Å². The largest absolute Gasteiger partial charge is 0.462 e. The van der Waals surface area contributed by atoms with Crippen LogP contribution in [-0.2, 0) is 28.6 Å². The minimum Gasteiger partial charge on any atom is -0.462 e. The summed E-state index contributed by atoms with van der Waals surface area (Å²) in [6.45, 7) is 6.46. The van der Waals surface area contributed by atoms with Crippen LogP contribution in [-0.4, -0.2) is 37.2 Å². The molecule has 1 atom stereocenters. The number of ether oxygens (including phenoxy) is 3. The number of carbonyl (C=O) groups excluding carboxylic acids is 3. The normalized spacial score (nSPS) is 12.8. The van der Waals surface area contributed by atoms with Gasteiger partial charge in [0.05, 0.1) is 0 Å². The van der Waals surface area contributed by atoms with E-state index in [4.69, 9.17) is 14.2 Å². The Morgan fingerprint density at radius 1 is 0.309 bits per heavy atom. The molecule has 0 fully saturated rings. The zero-order valence-electron chi connectivity index (χ0n) is 44.3. The van der Waals surface area contributed by atoms with Crippen molar-refractivity contribution in [1.29, 1.82) is 0 Å². The molecule has 0 aliphatic rings. The van der Waals surface area contributed by atoms with Gasteiger partial charge in [-0.15, -0.1) is 0 Å². The van der Waals surface area contributed by atoms with Crippen molar-refractivity contribution in [3.63, 3.8) is 0 Å². The molecule has 0 bridgehead atoms. The van der Waals surface area contributed by atoms with E-state index in [9.17, 15) is 14.4 Å². The number of carbonyl (C=O) groups is 3. The van der Waals surface area contributed by atoms with E-state index in [0.717, 1.165) is 128 Å². The molecule has 0 aromatic carbocycles. The van der Waals surface area contributed by atoms with E-state index in [1.165, 1.54) is 89.9 Å². The molecule has 6 nitrogen and oxygen atoms in total. The van der Waals surface area contributed by atoms with Crippen LogP contribution in [0.4, 0.5) is 0 Å². The second-order valence-corrected chi connectivity index (χ2v) is 18.5. The van der Waals surface area contributed by atoms with E-state index in [2.05, 4.69) is 118 Å². The first-order valence-corrected chi connectivity index (χ1v) is 28.2. The second kappa shape index (κ2) is 55.9. The van der Waals surface area contributed by atoms with Gasteiger partial charge in [-0.2, -0.15) is 0 Å². The number of allylic oxidation sites excluding steroid dienone is 16. The van der Waals surface area contributed by atoms with Gasteiger partial charge < -0.3 is 14.2 Å². The maximum atomic E-state index is 12.8. The van der Waals surface area contributed by atoms with E-state index >= 15 is 0 Å². The minimum atomic E-state index is -0.803. The van der Waals surface area contributed by atoms with Crippen LogP contribution >= 0.6 is 0 Å². The van der Waals surface area contributed by atoms with Gasteiger partial charge in [-0.1, -0.05) is 214 Å². The number of unbranched alkanes of at least 4 members (excludes halogenated alkanes) is 23. The molecule has 68 heavy (non-hydrogen) atoms. The highest BCUT2D eigenvalue weighted by Gasteiger charge is 2.19. The van der Waals surface area contributed by atoms with Gasteiger partial charge in [-0.3, -0.25) is 14.4 Å². The average molecular weight is 946 g/mol. The minimum absolute atomic E-state index is 0.0988. The summed E-state index contributed by atoms with van der Waals surface area (Å²) in [6, 6.07) is 0. The highest BCUT2D eigenvalue weighted by molar-refractivity contribution is 5.71. The zero-order valence-corrected chi connectivity index (χ0v) is 44.3. The van der Waals surface area contributed by atoms with Gasteiger partial charge in [0.2, 0.25) is 0 Å². The highest BCUT2D eigenvalue weighted by atomic mass is 16.6. The van der Waals surface area contributed by atoms with Crippen LogP contribution in [0, 0.1) is 0 Å². The lowest BCUT2D eigenvalue weighted by atomic mass is 10.1. The van der Waals surface area contributed by atoms with Crippen molar-refractivity contribution in [1.82, 2.24) is 0 Å². The lowest BCUT2D eigenvalue weighted by molar-refractivity contribution is -0.167. The summed E-state index contributed by atoms with van der Waals surface area (Å²) in [6.07, 6.45) is 73.9. The lowest BCUT2D eigenvalue weighted by Gasteiger charge is -2.18. The third-order valence-electron chi connectivity index (χ3n) is 11.8. The predicted molar refractivity (Wildman–Crippen MR) is 293 cm³/mol. The summed E-state index contributed by atoms with van der Waals surface area (Å²) in [5, 5.41) is 0. The van der Waals surface area contributed by atoms with Gasteiger partial charge in [-0.25, -0.2) is 0 Å². The van der Waals surface area contributed by atoms with Crippen LogP contribution < -0.4 is 0 Å². The first-order chi connectivity index (χ1) is 33.5.